The molecule has 0 aliphatic rings. The molecular formula is C9H6N2O3S. The van der Waals surface area contributed by atoms with Crippen LogP contribution in [0.2, 0.25) is 0 Å². The third kappa shape index (κ3) is 1.79. The van der Waals surface area contributed by atoms with E-state index >= 15 is 0 Å². The molecule has 2 N–H and O–H groups in total. The second kappa shape index (κ2) is 3.66. The largest absolute Gasteiger partial charge is 0.508 e. The maximum absolute atomic E-state index is 10.8. The summed E-state index contributed by atoms with van der Waals surface area (Å²) in [6, 6.07) is 6.32. The number of nitrogens with zero attached hydrogens (tertiary/aromatic N) is 2. The van der Waals surface area contributed by atoms with Crippen LogP contribution in [0.4, 0.5) is 0 Å². The molecule has 1 aromatic carbocycles. The summed E-state index contributed by atoms with van der Waals surface area (Å²) in [5.74, 6) is -1.04. The minimum atomic E-state index is -1.12. The van der Waals surface area contributed by atoms with Gasteiger partial charge in [-0.3, -0.25) is 0 Å². The van der Waals surface area contributed by atoms with E-state index in [-0.39, 0.29) is 11.4 Å². The quantitative estimate of drug-likeness (QED) is 0.806. The van der Waals surface area contributed by atoms with E-state index in [2.05, 4.69) is 9.59 Å². The van der Waals surface area contributed by atoms with E-state index < -0.39 is 5.97 Å². The number of hydrogen-bond acceptors (Lipinski definition) is 5. The van der Waals surface area contributed by atoms with Gasteiger partial charge in [0.1, 0.15) is 5.75 Å². The second-order valence-electron chi connectivity index (χ2n) is 2.81. The Balaban J connectivity index is 2.54. The minimum Gasteiger partial charge on any atom is -0.508 e. The topological polar surface area (TPSA) is 83.3 Å². The zero-order valence-electron chi connectivity index (χ0n) is 7.41. The Labute approximate surface area is 88.8 Å². The number of aromatic hydroxyl groups is 1. The normalized spacial score (nSPS) is 10.1. The Hall–Kier alpha value is -1.95. The molecule has 76 valence electrons. The Morgan fingerprint density at radius 3 is 2.87 bits per heavy atom. The van der Waals surface area contributed by atoms with Gasteiger partial charge < -0.3 is 10.2 Å². The van der Waals surface area contributed by atoms with Crippen LogP contribution in [0.1, 0.15) is 10.5 Å². The molecule has 0 radical (unpaired) electrons. The summed E-state index contributed by atoms with van der Waals surface area (Å²) in [5, 5.41) is 21.6. The van der Waals surface area contributed by atoms with E-state index in [0.29, 0.717) is 10.4 Å². The van der Waals surface area contributed by atoms with Crippen LogP contribution in [0, 0.1) is 0 Å². The Bertz CT molecular complexity index is 510. The van der Waals surface area contributed by atoms with E-state index in [1.807, 2.05) is 0 Å². The average Bonchev–Trinajstić information content (AvgIpc) is 2.65. The third-order valence-corrected chi connectivity index (χ3v) is 2.57. The number of phenolic OH excluding ortho intramolecular Hbond substituents is 1. The van der Waals surface area contributed by atoms with Crippen molar-refractivity contribution in [3.8, 4) is 16.2 Å². The number of carbonyl (C=O) groups is 1. The molecule has 0 aliphatic heterocycles. The van der Waals surface area contributed by atoms with Crippen LogP contribution in [0.3, 0.4) is 0 Å². The maximum atomic E-state index is 10.8. The summed E-state index contributed by atoms with van der Waals surface area (Å²) in [6.45, 7) is 0. The lowest BCUT2D eigenvalue weighted by molar-refractivity contribution is 0.0691. The number of benzene rings is 1. The van der Waals surface area contributed by atoms with Crippen LogP contribution in [0.25, 0.3) is 10.4 Å². The van der Waals surface area contributed by atoms with Crippen LogP contribution < -0.4 is 0 Å². The third-order valence-electron chi connectivity index (χ3n) is 1.80. The molecule has 0 amide bonds. The lowest BCUT2D eigenvalue weighted by atomic mass is 10.1. The number of rotatable bonds is 2. The van der Waals surface area contributed by atoms with Crippen LogP contribution >= 0.6 is 11.5 Å². The van der Waals surface area contributed by atoms with Crippen molar-refractivity contribution in [2.24, 2.45) is 0 Å². The van der Waals surface area contributed by atoms with Crippen LogP contribution in [-0.4, -0.2) is 25.8 Å². The standard InChI is InChI=1S/C9H6N2O3S/c12-6-3-1-2-5(4-6)8-7(9(13)14)10-11-15-8/h1-4,12H,(H,13,14). The first-order valence-electron chi connectivity index (χ1n) is 4.03. The molecule has 2 aromatic rings. The van der Waals surface area contributed by atoms with Crippen molar-refractivity contribution >= 4 is 17.5 Å². The molecule has 0 aliphatic carbocycles. The van der Waals surface area contributed by atoms with Crippen molar-refractivity contribution in [2.75, 3.05) is 0 Å². The van der Waals surface area contributed by atoms with Gasteiger partial charge in [-0.1, -0.05) is 16.6 Å². The molecule has 5 nitrogen and oxygen atoms in total. The molecule has 6 heteroatoms. The number of phenols is 1. The van der Waals surface area contributed by atoms with Crippen LogP contribution in [0.5, 0.6) is 5.75 Å². The highest BCUT2D eigenvalue weighted by molar-refractivity contribution is 7.09. The van der Waals surface area contributed by atoms with E-state index in [4.69, 9.17) is 5.11 Å². The molecule has 0 saturated carbocycles. The Kier molecular flexibility index (Phi) is 2.34. The molecule has 0 fully saturated rings. The summed E-state index contributed by atoms with van der Waals surface area (Å²) < 4.78 is 3.58. The monoisotopic (exact) mass is 222 g/mol. The predicted molar refractivity (Wildman–Crippen MR) is 54.0 cm³/mol. The van der Waals surface area contributed by atoms with Crippen molar-refractivity contribution in [3.63, 3.8) is 0 Å². The van der Waals surface area contributed by atoms with Gasteiger partial charge in [0.15, 0.2) is 5.69 Å². The fourth-order valence-corrected chi connectivity index (χ4v) is 1.82. The van der Waals surface area contributed by atoms with Gasteiger partial charge in [-0.2, -0.15) is 0 Å². The van der Waals surface area contributed by atoms with Gasteiger partial charge in [0.25, 0.3) is 0 Å². The highest BCUT2D eigenvalue weighted by atomic mass is 32.1. The first-order valence-corrected chi connectivity index (χ1v) is 4.81. The van der Waals surface area contributed by atoms with Crippen molar-refractivity contribution < 1.29 is 15.0 Å². The Morgan fingerprint density at radius 1 is 1.40 bits per heavy atom. The summed E-state index contributed by atoms with van der Waals surface area (Å²) in [4.78, 5) is 11.2. The summed E-state index contributed by atoms with van der Waals surface area (Å²) in [6.07, 6.45) is 0. The molecule has 0 unspecified atom stereocenters. The second-order valence-corrected chi connectivity index (χ2v) is 3.56. The zero-order valence-corrected chi connectivity index (χ0v) is 8.23. The summed E-state index contributed by atoms with van der Waals surface area (Å²) in [5.41, 5.74) is 0.507. The van der Waals surface area contributed by atoms with Gasteiger partial charge in [-0.25, -0.2) is 4.79 Å². The molecule has 0 bridgehead atoms. The predicted octanol–water partition coefficient (Wildman–Crippen LogP) is 1.61. The van der Waals surface area contributed by atoms with Crippen LogP contribution in [0.15, 0.2) is 24.3 Å². The minimum absolute atomic E-state index is 0.0808. The molecular weight excluding hydrogens is 216 g/mol. The molecule has 15 heavy (non-hydrogen) atoms. The van der Waals surface area contributed by atoms with Crippen molar-refractivity contribution in [2.45, 2.75) is 0 Å². The summed E-state index contributed by atoms with van der Waals surface area (Å²) in [7, 11) is 0. The average molecular weight is 222 g/mol. The molecule has 0 atom stereocenters. The lowest BCUT2D eigenvalue weighted by Crippen LogP contribution is -1.98. The fraction of sp³-hybridized carbons (Fsp3) is 0. The van der Waals surface area contributed by atoms with Crippen molar-refractivity contribution in [1.29, 1.82) is 0 Å². The molecule has 1 heterocycles. The van der Waals surface area contributed by atoms with Crippen molar-refractivity contribution in [1.82, 2.24) is 9.59 Å². The number of hydrogen-bond donors (Lipinski definition) is 2. The number of aromatic carboxylic acids is 1. The number of carboxylic acid groups (broad SMARTS) is 1. The zero-order chi connectivity index (χ0) is 10.8. The van der Waals surface area contributed by atoms with E-state index in [1.165, 1.54) is 12.1 Å². The lowest BCUT2D eigenvalue weighted by Gasteiger charge is -1.98. The Morgan fingerprint density at radius 2 is 2.20 bits per heavy atom. The number of carboxylic acids is 1. The van der Waals surface area contributed by atoms with Crippen molar-refractivity contribution in [3.05, 3.63) is 30.0 Å². The number of aromatic nitrogens is 2. The molecule has 1 aromatic heterocycles. The molecule has 2 rings (SSSR count). The highest BCUT2D eigenvalue weighted by Gasteiger charge is 2.16. The van der Waals surface area contributed by atoms with Gasteiger partial charge >= 0.3 is 5.97 Å². The fourth-order valence-electron chi connectivity index (χ4n) is 1.17. The van der Waals surface area contributed by atoms with E-state index in [1.54, 1.807) is 12.1 Å². The van der Waals surface area contributed by atoms with E-state index in [9.17, 15) is 9.90 Å². The SMILES string of the molecule is O=C(O)c1nnsc1-c1cccc(O)c1. The first kappa shape index (κ1) is 9.60. The molecule has 0 spiro atoms. The summed E-state index contributed by atoms with van der Waals surface area (Å²) >= 11 is 0.987. The first-order chi connectivity index (χ1) is 7.18. The van der Waals surface area contributed by atoms with Gasteiger partial charge in [0, 0.05) is 0 Å². The van der Waals surface area contributed by atoms with Crippen LogP contribution in [-0.2, 0) is 0 Å². The van der Waals surface area contributed by atoms with E-state index in [0.717, 1.165) is 11.5 Å². The maximum Gasteiger partial charge on any atom is 0.358 e. The molecule has 0 saturated heterocycles. The highest BCUT2D eigenvalue weighted by Crippen LogP contribution is 2.28. The van der Waals surface area contributed by atoms with Gasteiger partial charge in [0.05, 0.1) is 4.88 Å². The van der Waals surface area contributed by atoms with Gasteiger partial charge in [0.2, 0.25) is 0 Å². The van der Waals surface area contributed by atoms with Gasteiger partial charge in [-0.15, -0.1) is 5.10 Å². The van der Waals surface area contributed by atoms with Gasteiger partial charge in [-0.05, 0) is 29.2 Å². The smallest absolute Gasteiger partial charge is 0.358 e.